The van der Waals surface area contributed by atoms with Gasteiger partial charge in [-0.05, 0) is 39.8 Å². The minimum atomic E-state index is -0.690. The number of hydrogen-bond donors (Lipinski definition) is 0. The molecule has 3 rings (SSSR count). The highest BCUT2D eigenvalue weighted by molar-refractivity contribution is 6.62. The molecule has 2 heterocycles. The fraction of sp³-hybridized carbons (Fsp3) is 0.600. The van der Waals surface area contributed by atoms with E-state index in [9.17, 15) is 4.39 Å². The molecule has 1 aromatic carbocycles. The quantitative estimate of drug-likeness (QED) is 0.739. The third-order valence-electron chi connectivity index (χ3n) is 4.66. The Labute approximate surface area is 119 Å². The first kappa shape index (κ1) is 13.9. The van der Waals surface area contributed by atoms with Gasteiger partial charge >= 0.3 is 7.12 Å². The first-order valence-electron chi connectivity index (χ1n) is 7.03. The summed E-state index contributed by atoms with van der Waals surface area (Å²) in [5.41, 5.74) is 0.383. The van der Waals surface area contributed by atoms with Crippen molar-refractivity contribution in [3.05, 3.63) is 23.5 Å². The van der Waals surface area contributed by atoms with E-state index in [0.29, 0.717) is 12.1 Å². The van der Waals surface area contributed by atoms with E-state index >= 15 is 0 Å². The van der Waals surface area contributed by atoms with E-state index in [1.165, 1.54) is 0 Å². The largest absolute Gasteiger partial charge is 0.497 e. The highest BCUT2D eigenvalue weighted by atomic mass is 19.1. The number of rotatable bonds is 1. The lowest BCUT2D eigenvalue weighted by Crippen LogP contribution is -2.41. The number of hydrogen-bond acceptors (Lipinski definition) is 3. The van der Waals surface area contributed by atoms with Crippen LogP contribution >= 0.6 is 0 Å². The van der Waals surface area contributed by atoms with Crippen LogP contribution in [0, 0.1) is 5.82 Å². The molecule has 5 heteroatoms. The van der Waals surface area contributed by atoms with Crippen molar-refractivity contribution >= 4 is 12.6 Å². The van der Waals surface area contributed by atoms with Gasteiger partial charge in [0.05, 0.1) is 17.8 Å². The zero-order chi connectivity index (χ0) is 14.7. The van der Waals surface area contributed by atoms with E-state index in [4.69, 9.17) is 14.0 Å². The molecule has 1 aromatic rings. The molecule has 0 aromatic heterocycles. The summed E-state index contributed by atoms with van der Waals surface area (Å²) in [5.74, 6) is 0.676. The van der Waals surface area contributed by atoms with Crippen LogP contribution in [0.15, 0.2) is 12.1 Å². The Kier molecular flexibility index (Phi) is 2.93. The molecule has 1 saturated heterocycles. The van der Waals surface area contributed by atoms with Crippen LogP contribution in [-0.4, -0.2) is 24.9 Å². The van der Waals surface area contributed by atoms with Gasteiger partial charge in [0, 0.05) is 16.9 Å². The molecule has 108 valence electrons. The zero-order valence-electron chi connectivity index (χ0n) is 12.6. The SMILES string of the molecule is CC1COc2cc(B3OC(C)(C)C(C)(C)O3)c(F)cc21. The zero-order valence-corrected chi connectivity index (χ0v) is 12.6. The average molecular weight is 278 g/mol. The molecule has 0 bridgehead atoms. The molecule has 0 aliphatic carbocycles. The number of fused-ring (bicyclic) bond motifs is 1. The minimum Gasteiger partial charge on any atom is -0.493 e. The molecular weight excluding hydrogens is 258 g/mol. The second-order valence-electron chi connectivity index (χ2n) is 6.71. The molecule has 2 aliphatic heterocycles. The van der Waals surface area contributed by atoms with E-state index in [-0.39, 0.29) is 11.7 Å². The van der Waals surface area contributed by atoms with E-state index in [1.54, 1.807) is 12.1 Å². The van der Waals surface area contributed by atoms with Crippen molar-refractivity contribution in [1.29, 1.82) is 0 Å². The number of benzene rings is 1. The maximum Gasteiger partial charge on any atom is 0.497 e. The van der Waals surface area contributed by atoms with E-state index in [2.05, 4.69) is 0 Å². The smallest absolute Gasteiger partial charge is 0.493 e. The van der Waals surface area contributed by atoms with Gasteiger partial charge in [0.25, 0.3) is 0 Å². The summed E-state index contributed by atoms with van der Waals surface area (Å²) < 4.78 is 31.7. The monoisotopic (exact) mass is 278 g/mol. The molecule has 0 spiro atoms. The molecule has 0 radical (unpaired) electrons. The Balaban J connectivity index is 1.97. The first-order chi connectivity index (χ1) is 9.21. The Hall–Kier alpha value is -1.07. The first-order valence-corrected chi connectivity index (χ1v) is 7.03. The summed E-state index contributed by atoms with van der Waals surface area (Å²) in [6.07, 6.45) is 0. The molecule has 1 fully saturated rings. The molecule has 20 heavy (non-hydrogen) atoms. The summed E-state index contributed by atoms with van der Waals surface area (Å²) >= 11 is 0. The average Bonchev–Trinajstić information content (AvgIpc) is 2.77. The van der Waals surface area contributed by atoms with Crippen LogP contribution in [0.4, 0.5) is 4.39 Å². The summed E-state index contributed by atoms with van der Waals surface area (Å²) in [6.45, 7) is 10.4. The van der Waals surface area contributed by atoms with Gasteiger partial charge in [-0.1, -0.05) is 6.92 Å². The lowest BCUT2D eigenvalue weighted by molar-refractivity contribution is 0.00578. The molecule has 2 aliphatic rings. The second-order valence-corrected chi connectivity index (χ2v) is 6.71. The van der Waals surface area contributed by atoms with Crippen LogP contribution in [0.5, 0.6) is 5.75 Å². The summed E-state index contributed by atoms with van der Waals surface area (Å²) in [6, 6.07) is 3.27. The fourth-order valence-corrected chi connectivity index (χ4v) is 2.55. The highest BCUT2D eigenvalue weighted by Crippen LogP contribution is 2.38. The Morgan fingerprint density at radius 1 is 1.15 bits per heavy atom. The summed E-state index contributed by atoms with van der Waals surface area (Å²) in [7, 11) is -0.690. The Morgan fingerprint density at radius 3 is 2.35 bits per heavy atom. The van der Waals surface area contributed by atoms with Crippen LogP contribution in [0.25, 0.3) is 0 Å². The van der Waals surface area contributed by atoms with E-state index in [1.807, 2.05) is 34.6 Å². The standard InChI is InChI=1S/C15H20BFO3/c1-9-8-18-13-7-11(12(17)6-10(9)13)16-19-14(2,3)15(4,5)20-16/h6-7,9H,8H2,1-5H3. The fourth-order valence-electron chi connectivity index (χ4n) is 2.55. The van der Waals surface area contributed by atoms with Gasteiger partial charge in [0.1, 0.15) is 11.6 Å². The lowest BCUT2D eigenvalue weighted by atomic mass is 9.77. The molecular formula is C15H20BFO3. The van der Waals surface area contributed by atoms with Crippen molar-refractivity contribution < 1.29 is 18.4 Å². The van der Waals surface area contributed by atoms with Crippen molar-refractivity contribution in [3.8, 4) is 5.75 Å². The second kappa shape index (κ2) is 4.21. The van der Waals surface area contributed by atoms with Crippen molar-refractivity contribution in [2.24, 2.45) is 0 Å². The normalized spacial score (nSPS) is 26.5. The van der Waals surface area contributed by atoms with Crippen LogP contribution in [0.3, 0.4) is 0 Å². The van der Waals surface area contributed by atoms with Gasteiger partial charge in [0.15, 0.2) is 0 Å². The number of ether oxygens (including phenoxy) is 1. The van der Waals surface area contributed by atoms with Gasteiger partial charge in [-0.25, -0.2) is 4.39 Å². The van der Waals surface area contributed by atoms with Crippen molar-refractivity contribution in [3.63, 3.8) is 0 Å². The topological polar surface area (TPSA) is 27.7 Å². The van der Waals surface area contributed by atoms with E-state index < -0.39 is 18.3 Å². The van der Waals surface area contributed by atoms with Gasteiger partial charge in [-0.15, -0.1) is 0 Å². The molecule has 3 nitrogen and oxygen atoms in total. The van der Waals surface area contributed by atoms with Crippen LogP contribution in [-0.2, 0) is 9.31 Å². The van der Waals surface area contributed by atoms with Crippen LogP contribution < -0.4 is 10.2 Å². The predicted octanol–water partition coefficient (Wildman–Crippen LogP) is 2.62. The highest BCUT2D eigenvalue weighted by Gasteiger charge is 2.52. The predicted molar refractivity (Wildman–Crippen MR) is 76.0 cm³/mol. The maximum atomic E-state index is 14.4. The minimum absolute atomic E-state index is 0.229. The third kappa shape index (κ3) is 1.95. The van der Waals surface area contributed by atoms with Crippen LogP contribution in [0.1, 0.15) is 46.1 Å². The van der Waals surface area contributed by atoms with E-state index in [0.717, 1.165) is 11.3 Å². The van der Waals surface area contributed by atoms with Crippen LogP contribution in [0.2, 0.25) is 0 Å². The molecule has 1 unspecified atom stereocenters. The van der Waals surface area contributed by atoms with Gasteiger partial charge in [-0.3, -0.25) is 0 Å². The molecule has 0 amide bonds. The Morgan fingerprint density at radius 2 is 1.75 bits per heavy atom. The maximum absolute atomic E-state index is 14.4. The van der Waals surface area contributed by atoms with Crippen molar-refractivity contribution in [2.75, 3.05) is 6.61 Å². The van der Waals surface area contributed by atoms with Crippen molar-refractivity contribution in [1.82, 2.24) is 0 Å². The summed E-state index contributed by atoms with van der Waals surface area (Å²) in [4.78, 5) is 0. The molecule has 0 N–H and O–H groups in total. The third-order valence-corrected chi connectivity index (χ3v) is 4.66. The molecule has 0 saturated carbocycles. The molecule has 1 atom stereocenters. The number of halogens is 1. The summed E-state index contributed by atoms with van der Waals surface area (Å²) in [5, 5.41) is 0. The Bertz CT molecular complexity index is 540. The van der Waals surface area contributed by atoms with Gasteiger partial charge in [0.2, 0.25) is 0 Å². The van der Waals surface area contributed by atoms with Gasteiger partial charge < -0.3 is 14.0 Å². The van der Waals surface area contributed by atoms with Crippen molar-refractivity contribution in [2.45, 2.75) is 51.7 Å². The lowest BCUT2D eigenvalue weighted by Gasteiger charge is -2.32. The van der Waals surface area contributed by atoms with Gasteiger partial charge in [-0.2, -0.15) is 0 Å².